The van der Waals surface area contributed by atoms with Gasteiger partial charge >= 0.3 is 0 Å². The van der Waals surface area contributed by atoms with Gasteiger partial charge in [0.25, 0.3) is 6.29 Å². The number of aryl methyl sites for hydroxylation is 1. The highest BCUT2D eigenvalue weighted by molar-refractivity contribution is 5.71. The second-order valence-corrected chi connectivity index (χ2v) is 3.31. The Hall–Kier alpha value is -1.25. The predicted octanol–water partition coefficient (Wildman–Crippen LogP) is 2.06. The van der Waals surface area contributed by atoms with Crippen LogP contribution in [0.5, 0.6) is 0 Å². The van der Waals surface area contributed by atoms with Crippen molar-refractivity contribution in [2.75, 3.05) is 0 Å². The van der Waals surface area contributed by atoms with E-state index < -0.39 is 0 Å². The van der Waals surface area contributed by atoms with Crippen molar-refractivity contribution in [3.63, 3.8) is 0 Å². The Balaban J connectivity index is 2.32. The van der Waals surface area contributed by atoms with Crippen molar-refractivity contribution in [2.24, 2.45) is 0 Å². The molecule has 0 aliphatic rings. The first kappa shape index (κ1) is 10.8. The van der Waals surface area contributed by atoms with Crippen molar-refractivity contribution in [3.05, 3.63) is 23.8 Å². The Morgan fingerprint density at radius 2 is 2.07 bits per heavy atom. The monoisotopic (exact) mass is 191 g/mol. The molecule has 0 amide bonds. The van der Waals surface area contributed by atoms with E-state index in [4.69, 9.17) is 0 Å². The van der Waals surface area contributed by atoms with Gasteiger partial charge in [0, 0.05) is 6.20 Å². The predicted molar refractivity (Wildman–Crippen MR) is 54.7 cm³/mol. The van der Waals surface area contributed by atoms with E-state index in [1.807, 2.05) is 0 Å². The summed E-state index contributed by atoms with van der Waals surface area (Å²) in [5.41, 5.74) is 1.24. The van der Waals surface area contributed by atoms with Crippen molar-refractivity contribution in [2.45, 2.75) is 39.0 Å². The van der Waals surface area contributed by atoms with Gasteiger partial charge in [0.05, 0.1) is 11.9 Å². The van der Waals surface area contributed by atoms with E-state index in [0.717, 1.165) is 18.5 Å². The molecule has 0 unspecified atom stereocenters. The summed E-state index contributed by atoms with van der Waals surface area (Å²) >= 11 is 0. The second-order valence-electron chi connectivity index (χ2n) is 3.31. The molecule has 1 aromatic heterocycles. The molecule has 0 aromatic carbocycles. The van der Waals surface area contributed by atoms with E-state index in [9.17, 15) is 4.79 Å². The molecule has 0 atom stereocenters. The van der Waals surface area contributed by atoms with Crippen LogP contribution in [-0.4, -0.2) is 16.3 Å². The zero-order valence-corrected chi connectivity index (χ0v) is 8.49. The fourth-order valence-corrected chi connectivity index (χ4v) is 1.27. The molecule has 0 saturated heterocycles. The number of hydrogen-bond acceptors (Lipinski definition) is 3. The van der Waals surface area contributed by atoms with Gasteiger partial charge < -0.3 is 0 Å². The maximum absolute atomic E-state index is 10.2. The zero-order valence-electron chi connectivity index (χ0n) is 8.49. The van der Waals surface area contributed by atoms with Gasteiger partial charge in [-0.2, -0.15) is 0 Å². The van der Waals surface area contributed by atoms with Gasteiger partial charge in [0.1, 0.15) is 5.69 Å². The van der Waals surface area contributed by atoms with Crippen molar-refractivity contribution in [1.29, 1.82) is 0 Å². The third kappa shape index (κ3) is 3.64. The lowest BCUT2D eigenvalue weighted by Crippen LogP contribution is -1.95. The van der Waals surface area contributed by atoms with Gasteiger partial charge in [-0.15, -0.1) is 0 Å². The molecular formula is C11H15N2O. The molecule has 0 N–H and O–H groups in total. The Kier molecular flexibility index (Phi) is 4.83. The molecule has 75 valence electrons. The smallest absolute Gasteiger partial charge is 0.255 e. The summed E-state index contributed by atoms with van der Waals surface area (Å²) in [5, 5.41) is 0. The molecule has 0 spiro atoms. The van der Waals surface area contributed by atoms with Crippen LogP contribution in [0, 0.1) is 0 Å². The molecule has 1 rings (SSSR count). The molecule has 0 bridgehead atoms. The number of nitrogens with zero attached hydrogens (tertiary/aromatic N) is 2. The third-order valence-corrected chi connectivity index (χ3v) is 2.10. The number of hydrogen-bond donors (Lipinski definition) is 0. The Labute approximate surface area is 84.6 Å². The minimum Gasteiger partial charge on any atom is -0.283 e. The first-order chi connectivity index (χ1) is 6.86. The largest absolute Gasteiger partial charge is 0.283 e. The summed E-state index contributed by atoms with van der Waals surface area (Å²) in [6, 6.07) is 0. The minimum atomic E-state index is 0.280. The molecule has 3 nitrogen and oxygen atoms in total. The van der Waals surface area contributed by atoms with Crippen molar-refractivity contribution in [1.82, 2.24) is 9.97 Å². The number of aromatic nitrogens is 2. The van der Waals surface area contributed by atoms with Crippen molar-refractivity contribution < 1.29 is 4.79 Å². The molecular weight excluding hydrogens is 176 g/mol. The quantitative estimate of drug-likeness (QED) is 0.646. The third-order valence-electron chi connectivity index (χ3n) is 2.10. The van der Waals surface area contributed by atoms with Crippen LogP contribution in [0.15, 0.2) is 12.4 Å². The van der Waals surface area contributed by atoms with E-state index in [-0.39, 0.29) is 5.69 Å². The van der Waals surface area contributed by atoms with E-state index >= 15 is 0 Å². The van der Waals surface area contributed by atoms with Gasteiger partial charge in [0.2, 0.25) is 0 Å². The van der Waals surface area contributed by atoms with Crippen LogP contribution in [0.3, 0.4) is 0 Å². The van der Waals surface area contributed by atoms with Gasteiger partial charge in [0.15, 0.2) is 0 Å². The van der Waals surface area contributed by atoms with Crippen LogP contribution < -0.4 is 0 Å². The Morgan fingerprint density at radius 3 is 2.64 bits per heavy atom. The molecule has 0 aliphatic carbocycles. The summed E-state index contributed by atoms with van der Waals surface area (Å²) in [7, 11) is 0. The standard InChI is InChI=1S/C11H15N2O/c1-2-3-4-5-6-10-7-13-11(9-14)8-12-10/h7-8H,2-6H2,1H3. The normalized spacial score (nSPS) is 10.1. The Morgan fingerprint density at radius 1 is 1.21 bits per heavy atom. The van der Waals surface area contributed by atoms with Crippen LogP contribution in [0.2, 0.25) is 0 Å². The molecule has 1 aromatic rings. The average Bonchev–Trinajstić information content (AvgIpc) is 2.25. The summed E-state index contributed by atoms with van der Waals surface area (Å²) < 4.78 is 0. The number of carbonyl (C=O) groups excluding carboxylic acids is 1. The van der Waals surface area contributed by atoms with Gasteiger partial charge in [-0.25, -0.2) is 4.98 Å². The summed E-state index contributed by atoms with van der Waals surface area (Å²) in [6.07, 6.45) is 10.7. The van der Waals surface area contributed by atoms with Gasteiger partial charge in [-0.3, -0.25) is 9.78 Å². The first-order valence-electron chi connectivity index (χ1n) is 5.06. The average molecular weight is 191 g/mol. The second kappa shape index (κ2) is 6.24. The zero-order chi connectivity index (χ0) is 10.2. The fourth-order valence-electron chi connectivity index (χ4n) is 1.27. The lowest BCUT2D eigenvalue weighted by molar-refractivity contribution is 0.561. The molecule has 1 heterocycles. The van der Waals surface area contributed by atoms with Crippen molar-refractivity contribution in [3.8, 4) is 0 Å². The maximum Gasteiger partial charge on any atom is 0.255 e. The van der Waals surface area contributed by atoms with Crippen LogP contribution in [0.4, 0.5) is 0 Å². The Bertz CT molecular complexity index is 269. The molecule has 14 heavy (non-hydrogen) atoms. The molecule has 1 radical (unpaired) electrons. The molecule has 3 heteroatoms. The summed E-state index contributed by atoms with van der Waals surface area (Å²) in [4.78, 5) is 18.2. The van der Waals surface area contributed by atoms with E-state index in [1.54, 1.807) is 12.5 Å². The SMILES string of the molecule is CCCCCCc1cnc([C]=O)cn1. The highest BCUT2D eigenvalue weighted by atomic mass is 16.1. The number of rotatable bonds is 6. The van der Waals surface area contributed by atoms with Gasteiger partial charge in [-0.1, -0.05) is 26.2 Å². The van der Waals surface area contributed by atoms with E-state index in [1.165, 1.54) is 25.5 Å². The van der Waals surface area contributed by atoms with Crippen LogP contribution in [0.25, 0.3) is 0 Å². The lowest BCUT2D eigenvalue weighted by Gasteiger charge is -1.99. The fraction of sp³-hybridized carbons (Fsp3) is 0.545. The van der Waals surface area contributed by atoms with Crippen LogP contribution >= 0.6 is 0 Å². The van der Waals surface area contributed by atoms with E-state index in [0.29, 0.717) is 0 Å². The lowest BCUT2D eigenvalue weighted by atomic mass is 10.1. The number of unbranched alkanes of at least 4 members (excludes halogenated alkanes) is 3. The summed E-state index contributed by atoms with van der Waals surface area (Å²) in [5.74, 6) is 0. The van der Waals surface area contributed by atoms with Crippen LogP contribution in [0.1, 0.15) is 44.0 Å². The van der Waals surface area contributed by atoms with E-state index in [2.05, 4.69) is 16.9 Å². The minimum absolute atomic E-state index is 0.280. The first-order valence-corrected chi connectivity index (χ1v) is 5.06. The van der Waals surface area contributed by atoms with Crippen LogP contribution in [-0.2, 0) is 11.2 Å². The highest BCUT2D eigenvalue weighted by Gasteiger charge is 1.97. The maximum atomic E-state index is 10.2. The molecule has 0 saturated carbocycles. The summed E-state index contributed by atoms with van der Waals surface area (Å²) in [6.45, 7) is 2.19. The highest BCUT2D eigenvalue weighted by Crippen LogP contribution is 2.04. The van der Waals surface area contributed by atoms with Crippen molar-refractivity contribution >= 4 is 6.29 Å². The van der Waals surface area contributed by atoms with Gasteiger partial charge in [-0.05, 0) is 12.8 Å². The molecule has 0 aliphatic heterocycles. The topological polar surface area (TPSA) is 42.9 Å². The molecule has 0 fully saturated rings.